The van der Waals surface area contributed by atoms with Crippen LogP contribution in [0.2, 0.25) is 0 Å². The van der Waals surface area contributed by atoms with E-state index < -0.39 is 0 Å². The molecule has 1 amide bonds. The largest absolute Gasteiger partial charge is 0.397 e. The second kappa shape index (κ2) is 5.31. The predicted molar refractivity (Wildman–Crippen MR) is 57.5 cm³/mol. The number of methoxy groups -OCH3 is 1. The summed E-state index contributed by atoms with van der Waals surface area (Å²) >= 11 is 0. The summed E-state index contributed by atoms with van der Waals surface area (Å²) in [5, 5.41) is 2.76. The van der Waals surface area contributed by atoms with Crippen molar-refractivity contribution in [3.8, 4) is 0 Å². The number of carbonyl (C=O) groups is 1. The summed E-state index contributed by atoms with van der Waals surface area (Å²) in [5.41, 5.74) is 6.45. The van der Waals surface area contributed by atoms with Crippen LogP contribution in [0.15, 0.2) is 18.5 Å². The summed E-state index contributed by atoms with van der Waals surface area (Å²) < 4.78 is 4.91. The molecular formula is C10H15N3O2. The summed E-state index contributed by atoms with van der Waals surface area (Å²) in [6.07, 6.45) is 2.97. The van der Waals surface area contributed by atoms with E-state index in [1.165, 1.54) is 12.4 Å². The van der Waals surface area contributed by atoms with Gasteiger partial charge in [-0.3, -0.25) is 9.78 Å². The standard InChI is InChI=1S/C10H15N3O2/c1-7(6-15-2)13-10(14)8-3-9(11)5-12-4-8/h3-5,7H,6,11H2,1-2H3,(H,13,14). The molecule has 0 bridgehead atoms. The van der Waals surface area contributed by atoms with E-state index in [1.807, 2.05) is 6.92 Å². The molecule has 0 radical (unpaired) electrons. The van der Waals surface area contributed by atoms with Crippen molar-refractivity contribution in [1.82, 2.24) is 10.3 Å². The second-order valence-electron chi connectivity index (χ2n) is 3.34. The van der Waals surface area contributed by atoms with Crippen LogP contribution in [0.5, 0.6) is 0 Å². The summed E-state index contributed by atoms with van der Waals surface area (Å²) in [4.78, 5) is 15.5. The Morgan fingerprint density at radius 1 is 1.67 bits per heavy atom. The van der Waals surface area contributed by atoms with Gasteiger partial charge in [0, 0.05) is 25.5 Å². The molecule has 15 heavy (non-hydrogen) atoms. The number of carbonyl (C=O) groups excluding carboxylic acids is 1. The van der Waals surface area contributed by atoms with Crippen LogP contribution in [0, 0.1) is 0 Å². The van der Waals surface area contributed by atoms with Gasteiger partial charge in [0.15, 0.2) is 0 Å². The summed E-state index contributed by atoms with van der Waals surface area (Å²) in [6.45, 7) is 2.34. The molecule has 1 heterocycles. The number of ether oxygens (including phenoxy) is 1. The van der Waals surface area contributed by atoms with Gasteiger partial charge >= 0.3 is 0 Å². The molecule has 0 aromatic carbocycles. The van der Waals surface area contributed by atoms with Crippen molar-refractivity contribution >= 4 is 11.6 Å². The summed E-state index contributed by atoms with van der Waals surface area (Å²) in [7, 11) is 1.59. The van der Waals surface area contributed by atoms with Crippen molar-refractivity contribution in [3.63, 3.8) is 0 Å². The Morgan fingerprint density at radius 3 is 3.00 bits per heavy atom. The SMILES string of the molecule is COCC(C)NC(=O)c1cncc(N)c1. The number of anilines is 1. The Bertz CT molecular complexity index is 341. The highest BCUT2D eigenvalue weighted by atomic mass is 16.5. The van der Waals surface area contributed by atoms with E-state index in [2.05, 4.69) is 10.3 Å². The maximum absolute atomic E-state index is 11.6. The molecule has 3 N–H and O–H groups in total. The lowest BCUT2D eigenvalue weighted by Gasteiger charge is -2.12. The summed E-state index contributed by atoms with van der Waals surface area (Å²) in [6, 6.07) is 1.55. The van der Waals surface area contributed by atoms with Gasteiger partial charge in [0.25, 0.3) is 5.91 Å². The maximum atomic E-state index is 11.6. The highest BCUT2D eigenvalue weighted by Gasteiger charge is 2.09. The van der Waals surface area contributed by atoms with Crippen molar-refractivity contribution in [2.45, 2.75) is 13.0 Å². The number of hydrogen-bond donors (Lipinski definition) is 2. The molecule has 0 fully saturated rings. The zero-order valence-electron chi connectivity index (χ0n) is 8.86. The molecule has 1 aromatic heterocycles. The van der Waals surface area contributed by atoms with Crippen LogP contribution in [0.3, 0.4) is 0 Å². The zero-order chi connectivity index (χ0) is 11.3. The van der Waals surface area contributed by atoms with Gasteiger partial charge in [-0.15, -0.1) is 0 Å². The molecule has 82 valence electrons. The fourth-order valence-electron chi connectivity index (χ4n) is 1.18. The van der Waals surface area contributed by atoms with E-state index in [1.54, 1.807) is 13.2 Å². The number of nitrogens with one attached hydrogen (secondary N) is 1. The second-order valence-corrected chi connectivity index (χ2v) is 3.34. The van der Waals surface area contributed by atoms with Gasteiger partial charge in [-0.2, -0.15) is 0 Å². The van der Waals surface area contributed by atoms with Crippen LogP contribution in [0.25, 0.3) is 0 Å². The Labute approximate surface area is 88.6 Å². The number of aromatic nitrogens is 1. The molecular weight excluding hydrogens is 194 g/mol. The van der Waals surface area contributed by atoms with Gasteiger partial charge in [0.05, 0.1) is 17.9 Å². The van der Waals surface area contributed by atoms with Crippen molar-refractivity contribution in [1.29, 1.82) is 0 Å². The average molecular weight is 209 g/mol. The number of rotatable bonds is 4. The first-order chi connectivity index (χ1) is 7.13. The fraction of sp³-hybridized carbons (Fsp3) is 0.400. The Hall–Kier alpha value is -1.62. The lowest BCUT2D eigenvalue weighted by Crippen LogP contribution is -2.35. The van der Waals surface area contributed by atoms with Crippen molar-refractivity contribution < 1.29 is 9.53 Å². The third-order valence-electron chi connectivity index (χ3n) is 1.82. The fourth-order valence-corrected chi connectivity index (χ4v) is 1.18. The Balaban J connectivity index is 2.61. The first-order valence-electron chi connectivity index (χ1n) is 4.64. The van der Waals surface area contributed by atoms with E-state index in [4.69, 9.17) is 10.5 Å². The highest BCUT2D eigenvalue weighted by molar-refractivity contribution is 5.94. The van der Waals surface area contributed by atoms with Gasteiger partial charge in [-0.05, 0) is 13.0 Å². The molecule has 0 spiro atoms. The minimum Gasteiger partial charge on any atom is -0.397 e. The van der Waals surface area contributed by atoms with Gasteiger partial charge in [-0.1, -0.05) is 0 Å². The zero-order valence-corrected chi connectivity index (χ0v) is 8.86. The normalized spacial score (nSPS) is 12.1. The van der Waals surface area contributed by atoms with Crippen molar-refractivity contribution in [3.05, 3.63) is 24.0 Å². The minimum atomic E-state index is -0.195. The molecule has 1 unspecified atom stereocenters. The van der Waals surface area contributed by atoms with Crippen LogP contribution < -0.4 is 11.1 Å². The molecule has 1 aromatic rings. The number of pyridine rings is 1. The maximum Gasteiger partial charge on any atom is 0.253 e. The van der Waals surface area contributed by atoms with Crippen LogP contribution in [-0.2, 0) is 4.74 Å². The lowest BCUT2D eigenvalue weighted by atomic mass is 10.2. The molecule has 1 atom stereocenters. The molecule has 0 saturated heterocycles. The molecule has 0 aliphatic carbocycles. The Morgan fingerprint density at radius 2 is 2.40 bits per heavy atom. The van der Waals surface area contributed by atoms with Crippen LogP contribution in [-0.4, -0.2) is 30.6 Å². The van der Waals surface area contributed by atoms with E-state index in [0.29, 0.717) is 17.9 Å². The van der Waals surface area contributed by atoms with Gasteiger partial charge in [-0.25, -0.2) is 0 Å². The smallest absolute Gasteiger partial charge is 0.253 e. The van der Waals surface area contributed by atoms with E-state index in [-0.39, 0.29) is 11.9 Å². The molecule has 5 nitrogen and oxygen atoms in total. The minimum absolute atomic E-state index is 0.0380. The topological polar surface area (TPSA) is 77.2 Å². The third kappa shape index (κ3) is 3.55. The third-order valence-corrected chi connectivity index (χ3v) is 1.82. The van der Waals surface area contributed by atoms with Crippen molar-refractivity contribution in [2.24, 2.45) is 0 Å². The van der Waals surface area contributed by atoms with E-state index >= 15 is 0 Å². The van der Waals surface area contributed by atoms with Gasteiger partial charge < -0.3 is 15.8 Å². The molecule has 0 aliphatic heterocycles. The number of hydrogen-bond acceptors (Lipinski definition) is 4. The highest BCUT2D eigenvalue weighted by Crippen LogP contribution is 2.03. The predicted octanol–water partition coefficient (Wildman–Crippen LogP) is 0.428. The van der Waals surface area contributed by atoms with Crippen LogP contribution in [0.1, 0.15) is 17.3 Å². The summed E-state index contributed by atoms with van der Waals surface area (Å²) in [5.74, 6) is -0.195. The van der Waals surface area contributed by atoms with Crippen molar-refractivity contribution in [2.75, 3.05) is 19.5 Å². The molecule has 1 rings (SSSR count). The van der Waals surface area contributed by atoms with Gasteiger partial charge in [0.2, 0.25) is 0 Å². The monoisotopic (exact) mass is 209 g/mol. The van der Waals surface area contributed by atoms with E-state index in [0.717, 1.165) is 0 Å². The van der Waals surface area contributed by atoms with Gasteiger partial charge in [0.1, 0.15) is 0 Å². The number of nitrogens with zero attached hydrogens (tertiary/aromatic N) is 1. The first kappa shape index (κ1) is 11.5. The number of nitrogens with two attached hydrogens (primary N) is 1. The first-order valence-corrected chi connectivity index (χ1v) is 4.64. The molecule has 5 heteroatoms. The molecule has 0 aliphatic rings. The number of amides is 1. The number of nitrogen functional groups attached to an aromatic ring is 1. The quantitative estimate of drug-likeness (QED) is 0.753. The molecule has 0 saturated carbocycles. The Kier molecular flexibility index (Phi) is 4.05. The van der Waals surface area contributed by atoms with E-state index in [9.17, 15) is 4.79 Å². The average Bonchev–Trinajstić information content (AvgIpc) is 2.18. The lowest BCUT2D eigenvalue weighted by molar-refractivity contribution is 0.0905. The van der Waals surface area contributed by atoms with Crippen LogP contribution in [0.4, 0.5) is 5.69 Å². The van der Waals surface area contributed by atoms with Crippen LogP contribution >= 0.6 is 0 Å².